The fourth-order valence-corrected chi connectivity index (χ4v) is 3.47. The molecule has 3 rings (SSSR count). The van der Waals surface area contributed by atoms with Crippen LogP contribution in [0.25, 0.3) is 11.4 Å². The van der Waals surface area contributed by atoms with Gasteiger partial charge in [0.25, 0.3) is 0 Å². The molecule has 0 spiro atoms. The number of anilines is 1. The molecule has 8 nitrogen and oxygen atoms in total. The van der Waals surface area contributed by atoms with Crippen molar-refractivity contribution in [3.05, 3.63) is 47.2 Å². The van der Waals surface area contributed by atoms with Crippen LogP contribution in [0.1, 0.15) is 16.8 Å². The summed E-state index contributed by atoms with van der Waals surface area (Å²) in [6.45, 7) is 1.86. The van der Waals surface area contributed by atoms with Gasteiger partial charge in [-0.3, -0.25) is 0 Å². The molecule has 0 radical (unpaired) electrons. The van der Waals surface area contributed by atoms with E-state index in [9.17, 15) is 8.42 Å². The Morgan fingerprint density at radius 3 is 2.58 bits per heavy atom. The Kier molecular flexibility index (Phi) is 4.02. The normalized spacial score (nSPS) is 11.6. The second kappa shape index (κ2) is 6.00. The molecule has 2 heterocycles. The Balaban J connectivity index is 2.18. The summed E-state index contributed by atoms with van der Waals surface area (Å²) in [6, 6.07) is 8.69. The lowest BCUT2D eigenvalue weighted by molar-refractivity contribution is 0.602. The number of benzene rings is 1. The number of rotatable bonds is 4. The predicted molar refractivity (Wildman–Crippen MR) is 88.9 cm³/mol. The molecule has 0 fully saturated rings. The van der Waals surface area contributed by atoms with E-state index in [0.717, 1.165) is 23.1 Å². The van der Waals surface area contributed by atoms with Gasteiger partial charge >= 0.3 is 0 Å². The molecule has 0 amide bonds. The number of hydrogen-bond donors (Lipinski definition) is 2. The van der Waals surface area contributed by atoms with Gasteiger partial charge in [0.05, 0.1) is 4.90 Å². The molecule has 0 aliphatic carbocycles. The van der Waals surface area contributed by atoms with Crippen LogP contribution >= 0.6 is 0 Å². The first-order valence-corrected chi connectivity index (χ1v) is 9.03. The number of nitrogens with two attached hydrogens (primary N) is 1. The van der Waals surface area contributed by atoms with Gasteiger partial charge in [-0.2, -0.15) is 5.21 Å². The SMILES string of the molecule is Cc1nc(N)ccc1Cc1cccc(S(C)(=O)=O)c1-c1nn[nH]n1. The molecule has 2 aromatic heterocycles. The van der Waals surface area contributed by atoms with Gasteiger partial charge in [0.1, 0.15) is 5.82 Å². The van der Waals surface area contributed by atoms with Gasteiger partial charge in [-0.1, -0.05) is 18.2 Å². The van der Waals surface area contributed by atoms with Gasteiger partial charge in [-0.15, -0.1) is 10.2 Å². The molecule has 1 aromatic carbocycles. The average molecular weight is 344 g/mol. The Morgan fingerprint density at radius 2 is 1.96 bits per heavy atom. The van der Waals surface area contributed by atoms with Crippen molar-refractivity contribution >= 4 is 15.7 Å². The standard InChI is InChI=1S/C15H16N6O2S/c1-9-10(6-7-13(16)17-9)8-11-4-3-5-12(24(2,22)23)14(11)15-18-20-21-19-15/h3-7H,8H2,1-2H3,(H2,16,17)(H,18,19,20,21). The fraction of sp³-hybridized carbons (Fsp3) is 0.200. The van der Waals surface area contributed by atoms with E-state index < -0.39 is 9.84 Å². The molecule has 0 bridgehead atoms. The van der Waals surface area contributed by atoms with Crippen molar-refractivity contribution in [2.75, 3.05) is 12.0 Å². The lowest BCUT2D eigenvalue weighted by Gasteiger charge is -2.12. The zero-order valence-corrected chi connectivity index (χ0v) is 14.0. The third-order valence-corrected chi connectivity index (χ3v) is 4.82. The number of H-pyrrole nitrogens is 1. The Labute approximate surface area is 139 Å². The maximum Gasteiger partial charge on any atom is 0.206 e. The smallest absolute Gasteiger partial charge is 0.206 e. The number of sulfone groups is 1. The molecule has 3 aromatic rings. The monoisotopic (exact) mass is 344 g/mol. The van der Waals surface area contributed by atoms with Crippen LogP contribution < -0.4 is 5.73 Å². The van der Waals surface area contributed by atoms with Crippen molar-refractivity contribution in [2.24, 2.45) is 0 Å². The number of aromatic amines is 1. The zero-order chi connectivity index (χ0) is 17.3. The summed E-state index contributed by atoms with van der Waals surface area (Å²) in [5.74, 6) is 0.687. The van der Waals surface area contributed by atoms with E-state index >= 15 is 0 Å². The molecule has 3 N–H and O–H groups in total. The molecule has 0 saturated heterocycles. The lowest BCUT2D eigenvalue weighted by atomic mass is 9.98. The molecule has 0 unspecified atom stereocenters. The number of nitrogens with zero attached hydrogens (tertiary/aromatic N) is 4. The number of aryl methyl sites for hydroxylation is 1. The number of nitrogen functional groups attached to an aromatic ring is 1. The molecule has 0 aliphatic rings. The molecule has 0 atom stereocenters. The minimum absolute atomic E-state index is 0.169. The van der Waals surface area contributed by atoms with Crippen molar-refractivity contribution in [3.8, 4) is 11.4 Å². The molecule has 0 aliphatic heterocycles. The number of tetrazole rings is 1. The van der Waals surface area contributed by atoms with E-state index in [2.05, 4.69) is 25.6 Å². The van der Waals surface area contributed by atoms with Gasteiger partial charge in [0.15, 0.2) is 9.84 Å². The van der Waals surface area contributed by atoms with Crippen LogP contribution in [0.15, 0.2) is 35.2 Å². The molecular formula is C15H16N6O2S. The van der Waals surface area contributed by atoms with Crippen molar-refractivity contribution < 1.29 is 8.42 Å². The second-order valence-corrected chi connectivity index (χ2v) is 7.44. The van der Waals surface area contributed by atoms with Crippen molar-refractivity contribution in [1.29, 1.82) is 0 Å². The van der Waals surface area contributed by atoms with E-state index in [1.807, 2.05) is 19.1 Å². The van der Waals surface area contributed by atoms with Crippen LogP contribution in [0, 0.1) is 6.92 Å². The summed E-state index contributed by atoms with van der Waals surface area (Å²) in [6.07, 6.45) is 1.64. The molecule has 0 saturated carbocycles. The van der Waals surface area contributed by atoms with Crippen molar-refractivity contribution in [1.82, 2.24) is 25.6 Å². The minimum Gasteiger partial charge on any atom is -0.384 e. The number of aromatic nitrogens is 5. The average Bonchev–Trinajstić information content (AvgIpc) is 3.03. The summed E-state index contributed by atoms with van der Waals surface area (Å²) in [4.78, 5) is 4.41. The first-order valence-electron chi connectivity index (χ1n) is 7.14. The predicted octanol–water partition coefficient (Wildman–Crippen LogP) is 1.15. The highest BCUT2D eigenvalue weighted by atomic mass is 32.2. The first-order chi connectivity index (χ1) is 11.4. The van der Waals surface area contributed by atoms with Gasteiger partial charge in [0, 0.05) is 17.5 Å². The van der Waals surface area contributed by atoms with E-state index in [1.165, 1.54) is 0 Å². The van der Waals surface area contributed by atoms with Crippen molar-refractivity contribution in [3.63, 3.8) is 0 Å². The Bertz CT molecular complexity index is 983. The van der Waals surface area contributed by atoms with Gasteiger partial charge in [-0.05, 0) is 41.8 Å². The Morgan fingerprint density at radius 1 is 1.17 bits per heavy atom. The van der Waals surface area contributed by atoms with Crippen LogP contribution in [0.5, 0.6) is 0 Å². The van der Waals surface area contributed by atoms with E-state index in [4.69, 9.17) is 5.73 Å². The maximum atomic E-state index is 12.2. The first kappa shape index (κ1) is 16.1. The number of nitrogens with one attached hydrogen (secondary N) is 1. The maximum absolute atomic E-state index is 12.2. The molecule has 124 valence electrons. The summed E-state index contributed by atoms with van der Waals surface area (Å²) < 4.78 is 24.3. The van der Waals surface area contributed by atoms with E-state index in [0.29, 0.717) is 17.8 Å². The highest BCUT2D eigenvalue weighted by Gasteiger charge is 2.21. The third-order valence-electron chi connectivity index (χ3n) is 3.68. The van der Waals surface area contributed by atoms with Gasteiger partial charge in [-0.25, -0.2) is 13.4 Å². The molecular weight excluding hydrogens is 328 g/mol. The zero-order valence-electron chi connectivity index (χ0n) is 13.2. The second-order valence-electron chi connectivity index (χ2n) is 5.46. The van der Waals surface area contributed by atoms with Gasteiger partial charge < -0.3 is 5.73 Å². The summed E-state index contributed by atoms with van der Waals surface area (Å²) in [5, 5.41) is 13.8. The summed E-state index contributed by atoms with van der Waals surface area (Å²) in [5.41, 5.74) is 8.64. The third kappa shape index (κ3) is 3.11. The lowest BCUT2D eigenvalue weighted by Crippen LogP contribution is -2.05. The number of hydrogen-bond acceptors (Lipinski definition) is 7. The largest absolute Gasteiger partial charge is 0.384 e. The fourth-order valence-electron chi connectivity index (χ4n) is 2.56. The highest BCUT2D eigenvalue weighted by Crippen LogP contribution is 2.30. The highest BCUT2D eigenvalue weighted by molar-refractivity contribution is 7.90. The van der Waals surface area contributed by atoms with Crippen LogP contribution in [0.2, 0.25) is 0 Å². The summed E-state index contributed by atoms with van der Waals surface area (Å²) >= 11 is 0. The topological polar surface area (TPSA) is 128 Å². The van der Waals surface area contributed by atoms with E-state index in [-0.39, 0.29) is 10.7 Å². The molecule has 9 heteroatoms. The van der Waals surface area contributed by atoms with Gasteiger partial charge in [0.2, 0.25) is 5.82 Å². The van der Waals surface area contributed by atoms with Crippen LogP contribution in [-0.4, -0.2) is 40.3 Å². The summed E-state index contributed by atoms with van der Waals surface area (Å²) in [7, 11) is -3.45. The van der Waals surface area contributed by atoms with Crippen LogP contribution in [0.3, 0.4) is 0 Å². The molecule has 24 heavy (non-hydrogen) atoms. The van der Waals surface area contributed by atoms with Crippen LogP contribution in [-0.2, 0) is 16.3 Å². The number of pyridine rings is 1. The quantitative estimate of drug-likeness (QED) is 0.726. The van der Waals surface area contributed by atoms with E-state index in [1.54, 1.807) is 18.2 Å². The van der Waals surface area contributed by atoms with Crippen molar-refractivity contribution in [2.45, 2.75) is 18.2 Å². The van der Waals surface area contributed by atoms with Crippen LogP contribution in [0.4, 0.5) is 5.82 Å². The Hall–Kier alpha value is -2.81. The minimum atomic E-state index is -3.45.